The predicted octanol–water partition coefficient (Wildman–Crippen LogP) is 1.15. The predicted molar refractivity (Wildman–Crippen MR) is 57.2 cm³/mol. The summed E-state index contributed by atoms with van der Waals surface area (Å²) < 4.78 is 28.0. The first kappa shape index (κ1) is 12.5. The summed E-state index contributed by atoms with van der Waals surface area (Å²) in [4.78, 5) is 11.1. The Kier molecular flexibility index (Phi) is 4.13. The summed E-state index contributed by atoms with van der Waals surface area (Å²) in [7, 11) is -2.12. The zero-order valence-electron chi connectivity index (χ0n) is 9.23. The summed E-state index contributed by atoms with van der Waals surface area (Å²) >= 11 is 0. The molecule has 0 N–H and O–H groups in total. The Morgan fingerprint density at radius 3 is 2.40 bits per heavy atom. The molecule has 1 atom stereocenters. The lowest BCUT2D eigenvalue weighted by atomic mass is 10.1. The molecule has 0 spiro atoms. The van der Waals surface area contributed by atoms with Gasteiger partial charge in [0, 0.05) is 0 Å². The van der Waals surface area contributed by atoms with E-state index in [-0.39, 0.29) is 11.7 Å². The maximum absolute atomic E-state index is 11.8. The highest BCUT2D eigenvalue weighted by Gasteiger charge is 2.32. The molecule has 0 aromatic carbocycles. The van der Waals surface area contributed by atoms with E-state index >= 15 is 0 Å². The summed E-state index contributed by atoms with van der Waals surface area (Å²) in [5, 5.41) is -1.02. The van der Waals surface area contributed by atoms with E-state index in [2.05, 4.69) is 4.74 Å². The average Bonchev–Trinajstić information content (AvgIpc) is 2.67. The van der Waals surface area contributed by atoms with Crippen LogP contribution in [0.5, 0.6) is 0 Å². The Bertz CT molecular complexity index is 314. The Morgan fingerprint density at radius 2 is 1.93 bits per heavy atom. The quantitative estimate of drug-likeness (QED) is 0.685. The summed E-state index contributed by atoms with van der Waals surface area (Å²) in [6.45, 7) is 1.40. The summed E-state index contributed by atoms with van der Waals surface area (Å²) in [6.07, 6.45) is 4.14. The maximum Gasteiger partial charge on any atom is 0.323 e. The second kappa shape index (κ2) is 4.96. The van der Waals surface area contributed by atoms with Crippen LogP contribution in [0.4, 0.5) is 0 Å². The van der Waals surface area contributed by atoms with E-state index in [1.165, 1.54) is 14.0 Å². The largest absolute Gasteiger partial charge is 0.468 e. The van der Waals surface area contributed by atoms with Gasteiger partial charge in [-0.2, -0.15) is 0 Å². The molecule has 0 heterocycles. The molecule has 1 unspecified atom stereocenters. The second-order valence-corrected chi connectivity index (χ2v) is 6.51. The zero-order chi connectivity index (χ0) is 11.5. The fourth-order valence-corrected chi connectivity index (χ4v) is 3.63. The van der Waals surface area contributed by atoms with Gasteiger partial charge in [0.2, 0.25) is 0 Å². The normalized spacial score (nSPS) is 20.1. The molecule has 15 heavy (non-hydrogen) atoms. The van der Waals surface area contributed by atoms with Crippen molar-refractivity contribution in [3.8, 4) is 0 Å². The van der Waals surface area contributed by atoms with Crippen molar-refractivity contribution in [3.63, 3.8) is 0 Å². The van der Waals surface area contributed by atoms with Crippen LogP contribution in [0.3, 0.4) is 0 Å². The van der Waals surface area contributed by atoms with Crippen molar-refractivity contribution in [2.45, 2.75) is 37.9 Å². The molecule has 5 heteroatoms. The third kappa shape index (κ3) is 3.19. The van der Waals surface area contributed by atoms with Crippen LogP contribution in [0.25, 0.3) is 0 Å². The molecule has 88 valence electrons. The van der Waals surface area contributed by atoms with Crippen molar-refractivity contribution in [3.05, 3.63) is 0 Å². The van der Waals surface area contributed by atoms with E-state index in [1.54, 1.807) is 0 Å². The number of carbonyl (C=O) groups excluding carboxylic acids is 1. The molecule has 0 radical (unpaired) electrons. The van der Waals surface area contributed by atoms with Crippen molar-refractivity contribution >= 4 is 15.8 Å². The molecule has 0 aromatic heterocycles. The van der Waals surface area contributed by atoms with Gasteiger partial charge < -0.3 is 4.74 Å². The zero-order valence-corrected chi connectivity index (χ0v) is 10.0. The molecular weight excluding hydrogens is 216 g/mol. The van der Waals surface area contributed by atoms with Crippen LogP contribution >= 0.6 is 0 Å². The van der Waals surface area contributed by atoms with Crippen molar-refractivity contribution in [2.75, 3.05) is 12.9 Å². The number of hydrogen-bond acceptors (Lipinski definition) is 4. The number of ether oxygens (including phenoxy) is 1. The molecule has 0 aromatic rings. The molecule has 1 fully saturated rings. The van der Waals surface area contributed by atoms with Crippen LogP contribution in [0.15, 0.2) is 0 Å². The number of methoxy groups -OCH3 is 1. The molecule has 1 aliphatic carbocycles. The highest BCUT2D eigenvalue weighted by molar-refractivity contribution is 7.92. The van der Waals surface area contributed by atoms with E-state index in [4.69, 9.17) is 0 Å². The smallest absolute Gasteiger partial charge is 0.323 e. The van der Waals surface area contributed by atoms with Gasteiger partial charge in [0.1, 0.15) is 0 Å². The van der Waals surface area contributed by atoms with E-state index in [0.717, 1.165) is 25.7 Å². The second-order valence-electron chi connectivity index (χ2n) is 4.15. The van der Waals surface area contributed by atoms with Crippen LogP contribution in [0.1, 0.15) is 32.6 Å². The third-order valence-corrected chi connectivity index (χ3v) is 5.22. The minimum Gasteiger partial charge on any atom is -0.468 e. The topological polar surface area (TPSA) is 60.4 Å². The molecule has 0 amide bonds. The Morgan fingerprint density at radius 1 is 1.40 bits per heavy atom. The van der Waals surface area contributed by atoms with Crippen LogP contribution < -0.4 is 0 Å². The standard InChI is InChI=1S/C10H18O4S/c1-8(10(11)14-2)15(12,13)7-9-5-3-4-6-9/h8-9H,3-7H2,1-2H3. The highest BCUT2D eigenvalue weighted by Crippen LogP contribution is 2.27. The van der Waals surface area contributed by atoms with E-state index in [1.807, 2.05) is 0 Å². The molecule has 0 bridgehead atoms. The fourth-order valence-electron chi connectivity index (χ4n) is 1.96. The molecule has 0 saturated heterocycles. The number of carbonyl (C=O) groups is 1. The molecule has 1 saturated carbocycles. The maximum atomic E-state index is 11.8. The number of hydrogen-bond donors (Lipinski definition) is 0. The molecular formula is C10H18O4S. The van der Waals surface area contributed by atoms with Crippen LogP contribution in [0, 0.1) is 5.92 Å². The average molecular weight is 234 g/mol. The van der Waals surface area contributed by atoms with Gasteiger partial charge in [-0.3, -0.25) is 4.79 Å². The summed E-state index contributed by atoms with van der Waals surface area (Å²) in [6, 6.07) is 0. The number of esters is 1. The third-order valence-electron chi connectivity index (χ3n) is 3.01. The van der Waals surface area contributed by atoms with Gasteiger partial charge in [0.25, 0.3) is 0 Å². The minimum atomic E-state index is -3.33. The van der Waals surface area contributed by atoms with Gasteiger partial charge in [0.15, 0.2) is 15.1 Å². The van der Waals surface area contributed by atoms with Crippen molar-refractivity contribution < 1.29 is 17.9 Å². The van der Waals surface area contributed by atoms with Gasteiger partial charge in [-0.15, -0.1) is 0 Å². The van der Waals surface area contributed by atoms with E-state index < -0.39 is 21.1 Å². The lowest BCUT2D eigenvalue weighted by Crippen LogP contribution is -2.32. The number of sulfone groups is 1. The first-order valence-electron chi connectivity index (χ1n) is 5.26. The first-order valence-corrected chi connectivity index (χ1v) is 6.98. The van der Waals surface area contributed by atoms with E-state index in [0.29, 0.717) is 0 Å². The molecule has 1 rings (SSSR count). The lowest BCUT2D eigenvalue weighted by Gasteiger charge is -2.14. The SMILES string of the molecule is COC(=O)C(C)S(=O)(=O)CC1CCCC1. The summed E-state index contributed by atoms with van der Waals surface area (Å²) in [5.74, 6) is -0.293. The van der Waals surface area contributed by atoms with Gasteiger partial charge in [-0.05, 0) is 25.7 Å². The van der Waals surface area contributed by atoms with Crippen LogP contribution in [-0.4, -0.2) is 32.5 Å². The molecule has 4 nitrogen and oxygen atoms in total. The monoisotopic (exact) mass is 234 g/mol. The van der Waals surface area contributed by atoms with Crippen LogP contribution in [-0.2, 0) is 19.4 Å². The molecule has 1 aliphatic rings. The Labute approximate surface area is 90.9 Å². The Balaban J connectivity index is 2.61. The van der Waals surface area contributed by atoms with Crippen molar-refractivity contribution in [1.82, 2.24) is 0 Å². The fraction of sp³-hybridized carbons (Fsp3) is 0.900. The van der Waals surface area contributed by atoms with Gasteiger partial charge in [-0.25, -0.2) is 8.42 Å². The van der Waals surface area contributed by atoms with Gasteiger partial charge in [0.05, 0.1) is 12.9 Å². The van der Waals surface area contributed by atoms with Crippen LogP contribution in [0.2, 0.25) is 0 Å². The van der Waals surface area contributed by atoms with Gasteiger partial charge >= 0.3 is 5.97 Å². The van der Waals surface area contributed by atoms with Crippen molar-refractivity contribution in [2.24, 2.45) is 5.92 Å². The first-order chi connectivity index (χ1) is 6.97. The van der Waals surface area contributed by atoms with Crippen molar-refractivity contribution in [1.29, 1.82) is 0 Å². The minimum absolute atomic E-state index is 0.128. The lowest BCUT2D eigenvalue weighted by molar-refractivity contribution is -0.139. The Hall–Kier alpha value is -0.580. The number of rotatable bonds is 4. The van der Waals surface area contributed by atoms with Gasteiger partial charge in [-0.1, -0.05) is 12.8 Å². The highest BCUT2D eigenvalue weighted by atomic mass is 32.2. The summed E-state index contributed by atoms with van der Waals surface area (Å²) in [5.41, 5.74) is 0. The van der Waals surface area contributed by atoms with E-state index in [9.17, 15) is 13.2 Å². The molecule has 0 aliphatic heterocycles.